The van der Waals surface area contributed by atoms with Gasteiger partial charge in [0.1, 0.15) is 0 Å². The molecule has 3 nitrogen and oxygen atoms in total. The van der Waals surface area contributed by atoms with Gasteiger partial charge in [-0.25, -0.2) is 0 Å². The second kappa shape index (κ2) is 4.98. The first kappa shape index (κ1) is 12.1. The molecule has 1 aliphatic carbocycles. The molecule has 1 heterocycles. The van der Waals surface area contributed by atoms with Gasteiger partial charge in [-0.1, -0.05) is 18.0 Å². The van der Waals surface area contributed by atoms with E-state index >= 15 is 0 Å². The first-order chi connectivity index (χ1) is 8.74. The normalized spacial score (nSPS) is 19.7. The average molecular weight is 268 g/mol. The van der Waals surface area contributed by atoms with Crippen LogP contribution in [0, 0.1) is 5.92 Å². The lowest BCUT2D eigenvalue weighted by molar-refractivity contribution is 0.174. The van der Waals surface area contributed by atoms with E-state index in [1.54, 1.807) is 0 Å². The van der Waals surface area contributed by atoms with Crippen molar-refractivity contribution in [2.24, 2.45) is 5.92 Å². The molecular weight excluding hydrogens is 250 g/mol. The monoisotopic (exact) mass is 267 g/mol. The molecule has 2 aliphatic rings. The number of hydrogen-bond donors (Lipinski definition) is 1. The third-order valence-corrected chi connectivity index (χ3v) is 4.25. The maximum atomic E-state index is 6.16. The molecular formula is C14H18ClNO2. The van der Waals surface area contributed by atoms with Gasteiger partial charge in [0.25, 0.3) is 0 Å². The summed E-state index contributed by atoms with van der Waals surface area (Å²) in [7, 11) is 0. The number of hydrogen-bond acceptors (Lipinski definition) is 3. The number of ether oxygens (including phenoxy) is 2. The Morgan fingerprint density at radius 1 is 1.39 bits per heavy atom. The lowest BCUT2D eigenvalue weighted by Crippen LogP contribution is -2.36. The van der Waals surface area contributed by atoms with Crippen LogP contribution in [0.4, 0.5) is 0 Å². The van der Waals surface area contributed by atoms with Crippen LogP contribution in [-0.4, -0.2) is 12.8 Å². The van der Waals surface area contributed by atoms with Gasteiger partial charge in [-0.15, -0.1) is 0 Å². The summed E-state index contributed by atoms with van der Waals surface area (Å²) in [6.07, 6.45) is 4.10. The van der Waals surface area contributed by atoms with Crippen molar-refractivity contribution in [3.63, 3.8) is 0 Å². The minimum absolute atomic E-state index is 0.268. The van der Waals surface area contributed by atoms with Gasteiger partial charge in [-0.2, -0.15) is 0 Å². The van der Waals surface area contributed by atoms with E-state index in [1.807, 2.05) is 12.1 Å². The van der Waals surface area contributed by atoms with Crippen molar-refractivity contribution in [1.82, 2.24) is 5.32 Å². The van der Waals surface area contributed by atoms with Crippen LogP contribution in [0.5, 0.6) is 11.5 Å². The zero-order valence-corrected chi connectivity index (χ0v) is 11.3. The van der Waals surface area contributed by atoms with Crippen LogP contribution in [0.1, 0.15) is 31.7 Å². The number of nitrogens with one attached hydrogen (secondary N) is 1. The quantitative estimate of drug-likeness (QED) is 0.908. The molecule has 0 bridgehead atoms. The molecule has 0 amide bonds. The Labute approximate surface area is 112 Å². The Balaban J connectivity index is 1.64. The van der Waals surface area contributed by atoms with Crippen molar-refractivity contribution < 1.29 is 9.47 Å². The predicted molar refractivity (Wildman–Crippen MR) is 71.2 cm³/mol. The van der Waals surface area contributed by atoms with Gasteiger partial charge >= 0.3 is 0 Å². The van der Waals surface area contributed by atoms with Crippen LogP contribution >= 0.6 is 11.6 Å². The molecule has 18 heavy (non-hydrogen) atoms. The van der Waals surface area contributed by atoms with E-state index in [4.69, 9.17) is 21.1 Å². The third-order valence-electron chi connectivity index (χ3n) is 3.97. The van der Waals surface area contributed by atoms with Crippen molar-refractivity contribution in [2.45, 2.75) is 38.8 Å². The van der Waals surface area contributed by atoms with Crippen LogP contribution in [-0.2, 0) is 6.54 Å². The molecule has 98 valence electrons. The highest BCUT2D eigenvalue weighted by Gasteiger charge is 2.24. The Hall–Kier alpha value is -0.930. The average Bonchev–Trinajstić information content (AvgIpc) is 2.72. The molecule has 4 heteroatoms. The molecule has 1 aliphatic heterocycles. The molecule has 0 radical (unpaired) electrons. The van der Waals surface area contributed by atoms with E-state index in [0.29, 0.717) is 16.8 Å². The van der Waals surface area contributed by atoms with Gasteiger partial charge in [-0.3, -0.25) is 0 Å². The minimum Gasteiger partial charge on any atom is -0.454 e. The summed E-state index contributed by atoms with van der Waals surface area (Å²) in [5.74, 6) is 2.28. The van der Waals surface area contributed by atoms with Crippen LogP contribution in [0.2, 0.25) is 5.02 Å². The highest BCUT2D eigenvalue weighted by atomic mass is 35.5. The zero-order chi connectivity index (χ0) is 12.5. The topological polar surface area (TPSA) is 30.5 Å². The molecule has 1 saturated carbocycles. The first-order valence-corrected chi connectivity index (χ1v) is 6.93. The molecule has 0 saturated heterocycles. The van der Waals surface area contributed by atoms with E-state index in [9.17, 15) is 0 Å². The summed E-state index contributed by atoms with van der Waals surface area (Å²) in [5.41, 5.74) is 1.15. The highest BCUT2D eigenvalue weighted by molar-refractivity contribution is 6.32. The van der Waals surface area contributed by atoms with Crippen molar-refractivity contribution >= 4 is 11.6 Å². The van der Waals surface area contributed by atoms with E-state index in [1.165, 1.54) is 19.3 Å². The summed E-state index contributed by atoms with van der Waals surface area (Å²) in [6.45, 7) is 3.36. The molecule has 3 rings (SSSR count). The number of rotatable bonds is 4. The minimum atomic E-state index is 0.268. The summed E-state index contributed by atoms with van der Waals surface area (Å²) < 4.78 is 10.7. The third kappa shape index (κ3) is 2.29. The maximum absolute atomic E-state index is 6.16. The fourth-order valence-electron chi connectivity index (χ4n) is 2.51. The van der Waals surface area contributed by atoms with E-state index < -0.39 is 0 Å². The lowest BCUT2D eigenvalue weighted by Gasteiger charge is -2.32. The maximum Gasteiger partial charge on any atom is 0.231 e. The van der Waals surface area contributed by atoms with Crippen LogP contribution in [0.3, 0.4) is 0 Å². The van der Waals surface area contributed by atoms with E-state index in [0.717, 1.165) is 23.8 Å². The van der Waals surface area contributed by atoms with E-state index in [2.05, 4.69) is 12.2 Å². The Morgan fingerprint density at radius 2 is 2.22 bits per heavy atom. The van der Waals surface area contributed by atoms with Gasteiger partial charge in [0.05, 0.1) is 5.02 Å². The SMILES string of the molecule is CC(NCc1cc(Cl)c2c(c1)OCO2)C1CCC1. The Bertz CT molecular complexity index is 446. The lowest BCUT2D eigenvalue weighted by atomic mass is 9.80. The number of fused-ring (bicyclic) bond motifs is 1. The smallest absolute Gasteiger partial charge is 0.231 e. The fourth-order valence-corrected chi connectivity index (χ4v) is 2.80. The Morgan fingerprint density at radius 3 is 2.94 bits per heavy atom. The van der Waals surface area contributed by atoms with Crippen molar-refractivity contribution in [3.05, 3.63) is 22.7 Å². The molecule has 1 atom stereocenters. The first-order valence-electron chi connectivity index (χ1n) is 6.55. The standard InChI is InChI=1S/C14H18ClNO2/c1-9(11-3-2-4-11)16-7-10-5-12(15)14-13(6-10)17-8-18-14/h5-6,9,11,16H,2-4,7-8H2,1H3. The molecule has 0 spiro atoms. The van der Waals surface area contributed by atoms with Gasteiger partial charge in [0.15, 0.2) is 11.5 Å². The summed E-state index contributed by atoms with van der Waals surface area (Å²) in [5, 5.41) is 4.20. The second-order valence-corrected chi connectivity index (χ2v) is 5.58. The second-order valence-electron chi connectivity index (χ2n) is 5.17. The summed E-state index contributed by atoms with van der Waals surface area (Å²) in [4.78, 5) is 0. The molecule has 1 aromatic rings. The van der Waals surface area contributed by atoms with Gasteiger partial charge < -0.3 is 14.8 Å². The highest BCUT2D eigenvalue weighted by Crippen LogP contribution is 2.39. The number of halogens is 1. The zero-order valence-electron chi connectivity index (χ0n) is 10.5. The Kier molecular flexibility index (Phi) is 3.35. The predicted octanol–water partition coefficient (Wildman–Crippen LogP) is 3.35. The molecule has 0 aromatic heterocycles. The van der Waals surface area contributed by atoms with Gasteiger partial charge in [-0.05, 0) is 43.4 Å². The van der Waals surface area contributed by atoms with Crippen LogP contribution in [0.15, 0.2) is 12.1 Å². The molecule has 1 N–H and O–H groups in total. The summed E-state index contributed by atoms with van der Waals surface area (Å²) in [6, 6.07) is 4.53. The fraction of sp³-hybridized carbons (Fsp3) is 0.571. The molecule has 1 unspecified atom stereocenters. The molecule has 1 fully saturated rings. The van der Waals surface area contributed by atoms with Crippen LogP contribution < -0.4 is 14.8 Å². The van der Waals surface area contributed by atoms with Crippen molar-refractivity contribution in [1.29, 1.82) is 0 Å². The van der Waals surface area contributed by atoms with E-state index in [-0.39, 0.29) is 6.79 Å². The largest absolute Gasteiger partial charge is 0.454 e. The van der Waals surface area contributed by atoms with Crippen LogP contribution in [0.25, 0.3) is 0 Å². The van der Waals surface area contributed by atoms with Crippen molar-refractivity contribution in [2.75, 3.05) is 6.79 Å². The number of benzene rings is 1. The van der Waals surface area contributed by atoms with Gasteiger partial charge in [0.2, 0.25) is 6.79 Å². The molecule has 1 aromatic carbocycles. The summed E-state index contributed by atoms with van der Waals surface area (Å²) >= 11 is 6.16. The van der Waals surface area contributed by atoms with Crippen molar-refractivity contribution in [3.8, 4) is 11.5 Å². The van der Waals surface area contributed by atoms with Gasteiger partial charge in [0, 0.05) is 12.6 Å².